The summed E-state index contributed by atoms with van der Waals surface area (Å²) in [5.41, 5.74) is 3.29. The third-order valence-electron chi connectivity index (χ3n) is 3.16. The molecule has 20 heavy (non-hydrogen) atoms. The number of imidazole rings is 1. The van der Waals surface area contributed by atoms with Gasteiger partial charge in [-0.25, -0.2) is 4.98 Å². The minimum absolute atomic E-state index is 0.581. The molecule has 2 rings (SSSR count). The van der Waals surface area contributed by atoms with E-state index in [0.29, 0.717) is 5.92 Å². The maximum absolute atomic E-state index is 5.26. The summed E-state index contributed by atoms with van der Waals surface area (Å²) in [6.45, 7) is 9.37. The molecule has 1 N–H and O–H groups in total. The lowest BCUT2D eigenvalue weighted by molar-refractivity contribution is 0.414. The number of aryl methyl sites for hydroxylation is 2. The van der Waals surface area contributed by atoms with Gasteiger partial charge in [-0.1, -0.05) is 13.8 Å². The van der Waals surface area contributed by atoms with Gasteiger partial charge in [-0.2, -0.15) is 0 Å². The molecule has 2 aromatic rings. The fraction of sp³-hybridized carbons (Fsp3) is 0.438. The lowest BCUT2D eigenvalue weighted by Gasteiger charge is -2.14. The van der Waals surface area contributed by atoms with Crippen LogP contribution >= 0.6 is 0 Å². The Morgan fingerprint density at radius 2 is 2.05 bits per heavy atom. The van der Waals surface area contributed by atoms with E-state index in [2.05, 4.69) is 47.9 Å². The quantitative estimate of drug-likeness (QED) is 0.905. The summed E-state index contributed by atoms with van der Waals surface area (Å²) in [5.74, 6) is 2.35. The van der Waals surface area contributed by atoms with Crippen molar-refractivity contribution in [1.82, 2.24) is 9.55 Å². The van der Waals surface area contributed by atoms with Crippen molar-refractivity contribution in [3.63, 3.8) is 0 Å². The van der Waals surface area contributed by atoms with Crippen molar-refractivity contribution in [2.24, 2.45) is 5.92 Å². The average Bonchev–Trinajstić information content (AvgIpc) is 2.77. The maximum Gasteiger partial charge on any atom is 0.207 e. The molecule has 0 atom stereocenters. The normalized spacial score (nSPS) is 10.9. The Balaban J connectivity index is 2.36. The molecule has 1 heterocycles. The molecule has 4 heteroatoms. The second-order valence-corrected chi connectivity index (χ2v) is 5.50. The maximum atomic E-state index is 5.26. The Morgan fingerprint density at radius 1 is 1.30 bits per heavy atom. The summed E-state index contributed by atoms with van der Waals surface area (Å²) in [4.78, 5) is 4.56. The minimum Gasteiger partial charge on any atom is -0.497 e. The Hall–Kier alpha value is -1.97. The first-order valence-electron chi connectivity index (χ1n) is 6.96. The van der Waals surface area contributed by atoms with Crippen molar-refractivity contribution in [1.29, 1.82) is 0 Å². The van der Waals surface area contributed by atoms with E-state index in [4.69, 9.17) is 4.74 Å². The van der Waals surface area contributed by atoms with Gasteiger partial charge in [-0.3, -0.25) is 4.57 Å². The van der Waals surface area contributed by atoms with Gasteiger partial charge in [0.15, 0.2) is 0 Å². The Morgan fingerprint density at radius 3 is 2.65 bits per heavy atom. The van der Waals surface area contributed by atoms with Crippen LogP contribution in [-0.2, 0) is 0 Å². The molecule has 0 unspecified atom stereocenters. The fourth-order valence-corrected chi connectivity index (χ4v) is 2.13. The summed E-state index contributed by atoms with van der Waals surface area (Å²) < 4.78 is 7.36. The lowest BCUT2D eigenvalue weighted by Crippen LogP contribution is -2.12. The zero-order chi connectivity index (χ0) is 14.7. The second kappa shape index (κ2) is 5.99. The number of aromatic nitrogens is 2. The van der Waals surface area contributed by atoms with E-state index in [9.17, 15) is 0 Å². The smallest absolute Gasteiger partial charge is 0.207 e. The average molecular weight is 273 g/mol. The zero-order valence-corrected chi connectivity index (χ0v) is 12.9. The van der Waals surface area contributed by atoms with Gasteiger partial charge < -0.3 is 10.1 Å². The van der Waals surface area contributed by atoms with Crippen LogP contribution in [0.5, 0.6) is 5.75 Å². The highest BCUT2D eigenvalue weighted by Crippen LogP contribution is 2.24. The topological polar surface area (TPSA) is 39.1 Å². The van der Waals surface area contributed by atoms with Crippen LogP contribution in [0, 0.1) is 19.8 Å². The third kappa shape index (κ3) is 3.13. The molecule has 108 valence electrons. The minimum atomic E-state index is 0.581. The van der Waals surface area contributed by atoms with Crippen LogP contribution in [0.2, 0.25) is 0 Å². The van der Waals surface area contributed by atoms with Crippen LogP contribution in [0.3, 0.4) is 0 Å². The fourth-order valence-electron chi connectivity index (χ4n) is 2.13. The van der Waals surface area contributed by atoms with Crippen LogP contribution in [0.1, 0.15) is 25.1 Å². The first-order valence-corrected chi connectivity index (χ1v) is 6.96. The molecule has 0 radical (unpaired) electrons. The number of hydrogen-bond acceptors (Lipinski definition) is 3. The highest BCUT2D eigenvalue weighted by Gasteiger charge is 2.10. The molecule has 1 aromatic carbocycles. The van der Waals surface area contributed by atoms with E-state index in [0.717, 1.165) is 35.2 Å². The third-order valence-corrected chi connectivity index (χ3v) is 3.16. The molecule has 0 aliphatic rings. The van der Waals surface area contributed by atoms with Crippen molar-refractivity contribution in [3.05, 3.63) is 35.7 Å². The second-order valence-electron chi connectivity index (χ2n) is 5.50. The van der Waals surface area contributed by atoms with Crippen molar-refractivity contribution < 1.29 is 4.74 Å². The van der Waals surface area contributed by atoms with Crippen LogP contribution in [-0.4, -0.2) is 23.2 Å². The molecule has 4 nitrogen and oxygen atoms in total. The van der Waals surface area contributed by atoms with E-state index in [1.807, 2.05) is 19.1 Å². The highest BCUT2D eigenvalue weighted by atomic mass is 16.5. The van der Waals surface area contributed by atoms with Crippen LogP contribution in [0.25, 0.3) is 5.69 Å². The van der Waals surface area contributed by atoms with Crippen molar-refractivity contribution in [2.75, 3.05) is 19.0 Å². The van der Waals surface area contributed by atoms with Gasteiger partial charge in [0.25, 0.3) is 0 Å². The predicted molar refractivity (Wildman–Crippen MR) is 82.9 cm³/mol. The lowest BCUT2D eigenvalue weighted by atomic mass is 10.2. The van der Waals surface area contributed by atoms with E-state index < -0.39 is 0 Å². The van der Waals surface area contributed by atoms with Gasteiger partial charge in [-0.05, 0) is 43.5 Å². The van der Waals surface area contributed by atoms with E-state index in [-0.39, 0.29) is 0 Å². The van der Waals surface area contributed by atoms with Gasteiger partial charge in [0.1, 0.15) is 5.75 Å². The zero-order valence-electron chi connectivity index (χ0n) is 12.9. The molecule has 0 aliphatic heterocycles. The number of methoxy groups -OCH3 is 1. The first kappa shape index (κ1) is 14.4. The van der Waals surface area contributed by atoms with Crippen molar-refractivity contribution in [2.45, 2.75) is 27.7 Å². The molecule has 0 spiro atoms. The Labute approximate surface area is 120 Å². The molecule has 0 aliphatic carbocycles. The summed E-state index contributed by atoms with van der Waals surface area (Å²) in [7, 11) is 1.69. The number of nitrogens with zero attached hydrogens (tertiary/aromatic N) is 2. The molecule has 0 amide bonds. The van der Waals surface area contributed by atoms with Crippen molar-refractivity contribution in [3.8, 4) is 11.4 Å². The monoisotopic (exact) mass is 273 g/mol. The molecule has 0 saturated heterocycles. The molecule has 0 saturated carbocycles. The summed E-state index contributed by atoms with van der Waals surface area (Å²) in [6, 6.07) is 6.08. The van der Waals surface area contributed by atoms with Gasteiger partial charge >= 0.3 is 0 Å². The molecule has 1 aromatic heterocycles. The molecular weight excluding hydrogens is 250 g/mol. The number of nitrogens with one attached hydrogen (secondary N) is 1. The van der Waals surface area contributed by atoms with Gasteiger partial charge in [-0.15, -0.1) is 0 Å². The molecule has 0 bridgehead atoms. The first-order chi connectivity index (χ1) is 9.51. The van der Waals surface area contributed by atoms with E-state index >= 15 is 0 Å². The van der Waals surface area contributed by atoms with Gasteiger partial charge in [0.2, 0.25) is 5.95 Å². The number of rotatable bonds is 5. The van der Waals surface area contributed by atoms with E-state index in [1.165, 1.54) is 0 Å². The number of ether oxygens (including phenoxy) is 1. The Bertz CT molecular complexity index is 587. The molecular formula is C16H23N3O. The summed E-state index contributed by atoms with van der Waals surface area (Å²) in [6.07, 6.45) is 2.05. The van der Waals surface area contributed by atoms with Gasteiger partial charge in [0.05, 0.1) is 18.5 Å². The number of benzene rings is 1. The standard InChI is InChI=1S/C16H23N3O/c1-11(2)9-17-16-18-13(4)10-19(16)15-7-6-14(20-5)8-12(15)3/h6-8,10-11H,9H2,1-5H3,(H,17,18). The SMILES string of the molecule is COc1ccc(-n2cc(C)nc2NCC(C)C)c(C)c1. The summed E-state index contributed by atoms with van der Waals surface area (Å²) >= 11 is 0. The summed E-state index contributed by atoms with van der Waals surface area (Å²) in [5, 5.41) is 3.41. The number of anilines is 1. The van der Waals surface area contributed by atoms with Crippen LogP contribution < -0.4 is 10.1 Å². The van der Waals surface area contributed by atoms with Crippen LogP contribution in [0.15, 0.2) is 24.4 Å². The Kier molecular flexibility index (Phi) is 4.32. The van der Waals surface area contributed by atoms with Crippen LogP contribution in [0.4, 0.5) is 5.95 Å². The highest BCUT2D eigenvalue weighted by molar-refractivity contribution is 5.50. The molecule has 0 fully saturated rings. The van der Waals surface area contributed by atoms with E-state index in [1.54, 1.807) is 7.11 Å². The predicted octanol–water partition coefficient (Wildman–Crippen LogP) is 3.57. The van der Waals surface area contributed by atoms with Crippen molar-refractivity contribution >= 4 is 5.95 Å². The number of hydrogen-bond donors (Lipinski definition) is 1. The largest absolute Gasteiger partial charge is 0.497 e. The van der Waals surface area contributed by atoms with Gasteiger partial charge in [0, 0.05) is 12.7 Å².